The number of nitrogens with one attached hydrogen (secondary N) is 2. The minimum Gasteiger partial charge on any atom is -0.497 e. The van der Waals surface area contributed by atoms with Gasteiger partial charge in [-0.1, -0.05) is 23.3 Å². The van der Waals surface area contributed by atoms with E-state index in [4.69, 9.17) is 15.0 Å². The van der Waals surface area contributed by atoms with E-state index in [2.05, 4.69) is 35.6 Å². The van der Waals surface area contributed by atoms with Crippen molar-refractivity contribution >= 4 is 40.2 Å². The number of fused-ring (bicyclic) bond motifs is 1. The summed E-state index contributed by atoms with van der Waals surface area (Å²) in [4.78, 5) is 55.4. The van der Waals surface area contributed by atoms with Crippen molar-refractivity contribution in [1.29, 1.82) is 0 Å². The minimum atomic E-state index is -1.41. The molecule has 2 amide bonds. The number of anilines is 1. The molecule has 250 valence electrons. The summed E-state index contributed by atoms with van der Waals surface area (Å²) in [6.07, 6.45) is -0.929. The van der Waals surface area contributed by atoms with Gasteiger partial charge in [-0.25, -0.2) is 15.0 Å². The highest BCUT2D eigenvalue weighted by molar-refractivity contribution is 6.01. The number of hydrogen-bond acceptors (Lipinski definition) is 13. The Hall–Kier alpha value is -5.88. The van der Waals surface area contributed by atoms with Gasteiger partial charge in [0, 0.05) is 37.2 Å². The van der Waals surface area contributed by atoms with E-state index in [0.717, 1.165) is 12.1 Å². The number of azide groups is 1. The molecule has 0 unspecified atom stereocenters. The second kappa shape index (κ2) is 14.3. The molecule has 4 aromatic rings. The van der Waals surface area contributed by atoms with E-state index in [1.807, 2.05) is 0 Å². The standard InChI is InChI=1S/C29H31N11O8/c1-38(2)25-23-26(32-13-31-25)39(14-33-23)29-24(42)22(21(12-41)48-29)35-28(44)19(10-15-4-7-17(47-3)8-5-15)34-27(43)18-9-6-16(36-37-30)11-20(18)40(45)46/h4-9,11,13-14,19,21-22,24,29,41-42H,10,12H2,1-3H3,(H,34,43)(H,35,44)/t19-,21+,22+,24+,29+/m0/s1. The molecule has 1 aliphatic rings. The van der Waals surface area contributed by atoms with Gasteiger partial charge in [-0.15, -0.1) is 0 Å². The lowest BCUT2D eigenvalue weighted by molar-refractivity contribution is -0.385. The van der Waals surface area contributed by atoms with Crippen molar-refractivity contribution in [1.82, 2.24) is 30.2 Å². The second-order valence-corrected chi connectivity index (χ2v) is 10.9. The Bertz CT molecular complexity index is 1880. The maximum Gasteiger partial charge on any atom is 0.282 e. The molecule has 1 fully saturated rings. The van der Waals surface area contributed by atoms with Crippen molar-refractivity contribution in [2.24, 2.45) is 5.11 Å². The van der Waals surface area contributed by atoms with Gasteiger partial charge in [0.05, 0.1) is 31.0 Å². The smallest absolute Gasteiger partial charge is 0.282 e. The third kappa shape index (κ3) is 6.79. The number of amides is 2. The van der Waals surface area contributed by atoms with Crippen LogP contribution in [0.2, 0.25) is 0 Å². The number of methoxy groups -OCH3 is 1. The Labute approximate surface area is 271 Å². The number of nitrogens with zero attached hydrogens (tertiary/aromatic N) is 9. The summed E-state index contributed by atoms with van der Waals surface area (Å²) in [5, 5.41) is 41.9. The van der Waals surface area contributed by atoms with Crippen LogP contribution in [0.25, 0.3) is 21.6 Å². The number of nitro groups is 1. The Morgan fingerprint density at radius 3 is 2.62 bits per heavy atom. The molecule has 0 radical (unpaired) electrons. The maximum absolute atomic E-state index is 13.9. The van der Waals surface area contributed by atoms with Gasteiger partial charge in [0.25, 0.3) is 11.6 Å². The number of rotatable bonds is 12. The molecule has 2 aromatic heterocycles. The van der Waals surface area contributed by atoms with Crippen LogP contribution >= 0.6 is 0 Å². The summed E-state index contributed by atoms with van der Waals surface area (Å²) < 4.78 is 12.6. The lowest BCUT2D eigenvalue weighted by Gasteiger charge is -2.25. The molecule has 2 aromatic carbocycles. The third-order valence-corrected chi connectivity index (χ3v) is 7.70. The summed E-state index contributed by atoms with van der Waals surface area (Å²) in [5.41, 5.74) is 8.99. The van der Waals surface area contributed by atoms with E-state index < -0.39 is 59.6 Å². The van der Waals surface area contributed by atoms with Gasteiger partial charge in [0.15, 0.2) is 23.2 Å². The summed E-state index contributed by atoms with van der Waals surface area (Å²) in [5.74, 6) is -0.645. The summed E-state index contributed by atoms with van der Waals surface area (Å²) in [6.45, 7) is -0.581. The Kier molecular flexibility index (Phi) is 9.95. The van der Waals surface area contributed by atoms with Crippen LogP contribution < -0.4 is 20.3 Å². The third-order valence-electron chi connectivity index (χ3n) is 7.70. The molecule has 3 heterocycles. The summed E-state index contributed by atoms with van der Waals surface area (Å²) in [7, 11) is 5.06. The Morgan fingerprint density at radius 1 is 1.23 bits per heavy atom. The number of nitro benzene ring substituents is 1. The molecule has 1 saturated heterocycles. The van der Waals surface area contributed by atoms with Gasteiger partial charge in [0.1, 0.15) is 35.9 Å². The van der Waals surface area contributed by atoms with Crippen LogP contribution in [0.5, 0.6) is 5.75 Å². The fourth-order valence-corrected chi connectivity index (χ4v) is 5.34. The average Bonchev–Trinajstić information content (AvgIpc) is 3.64. The van der Waals surface area contributed by atoms with Gasteiger partial charge in [-0.05, 0) is 29.3 Å². The number of aliphatic hydroxyl groups is 2. The first-order valence-corrected chi connectivity index (χ1v) is 14.4. The number of benzene rings is 2. The highest BCUT2D eigenvalue weighted by Gasteiger charge is 2.46. The summed E-state index contributed by atoms with van der Waals surface area (Å²) >= 11 is 0. The molecule has 0 spiro atoms. The number of ether oxygens (including phenoxy) is 2. The van der Waals surface area contributed by atoms with Crippen molar-refractivity contribution in [3.63, 3.8) is 0 Å². The molecule has 48 heavy (non-hydrogen) atoms. The predicted molar refractivity (Wildman–Crippen MR) is 168 cm³/mol. The SMILES string of the molecule is COc1ccc(C[C@H](NC(=O)c2ccc(N=[N+]=[N-])cc2[N+](=O)[O-])C(=O)N[C@H]2[C@@H](O)[C@H](n3cnc4c(N(C)C)ncnc43)O[C@@H]2CO)cc1. The number of aliphatic hydroxyl groups excluding tert-OH is 2. The molecule has 4 N–H and O–H groups in total. The molecule has 0 aliphatic carbocycles. The maximum atomic E-state index is 13.9. The molecule has 19 heteroatoms. The largest absolute Gasteiger partial charge is 0.497 e. The highest BCUT2D eigenvalue weighted by atomic mass is 16.6. The zero-order chi connectivity index (χ0) is 34.5. The van der Waals surface area contributed by atoms with Crippen LogP contribution in [0, 0.1) is 10.1 Å². The van der Waals surface area contributed by atoms with Crippen molar-refractivity contribution in [2.45, 2.75) is 36.9 Å². The zero-order valence-electron chi connectivity index (χ0n) is 25.9. The highest BCUT2D eigenvalue weighted by Crippen LogP contribution is 2.33. The monoisotopic (exact) mass is 661 g/mol. The Balaban J connectivity index is 1.43. The van der Waals surface area contributed by atoms with Crippen molar-refractivity contribution < 1.29 is 34.2 Å². The van der Waals surface area contributed by atoms with Crippen LogP contribution in [-0.4, -0.2) is 98.6 Å². The molecule has 0 saturated carbocycles. The number of aromatic nitrogens is 4. The molecule has 0 bridgehead atoms. The van der Waals surface area contributed by atoms with E-state index >= 15 is 0 Å². The van der Waals surface area contributed by atoms with Gasteiger partial charge in [-0.3, -0.25) is 24.3 Å². The summed E-state index contributed by atoms with van der Waals surface area (Å²) in [6, 6.07) is 7.47. The second-order valence-electron chi connectivity index (χ2n) is 10.9. The number of hydrogen-bond donors (Lipinski definition) is 4. The van der Waals surface area contributed by atoms with Crippen molar-refractivity contribution in [2.75, 3.05) is 32.7 Å². The van der Waals surface area contributed by atoms with Gasteiger partial charge in [-0.2, -0.15) is 0 Å². The first-order valence-electron chi connectivity index (χ1n) is 14.4. The van der Waals surface area contributed by atoms with Crippen LogP contribution in [0.4, 0.5) is 17.2 Å². The van der Waals surface area contributed by atoms with Crippen LogP contribution in [-0.2, 0) is 16.0 Å². The van der Waals surface area contributed by atoms with E-state index in [9.17, 15) is 29.9 Å². The predicted octanol–water partition coefficient (Wildman–Crippen LogP) is 1.53. The zero-order valence-corrected chi connectivity index (χ0v) is 25.9. The fraction of sp³-hybridized carbons (Fsp3) is 0.345. The molecule has 19 nitrogen and oxygen atoms in total. The lowest BCUT2D eigenvalue weighted by atomic mass is 10.0. The van der Waals surface area contributed by atoms with E-state index in [1.165, 1.54) is 30.4 Å². The Morgan fingerprint density at radius 2 is 1.98 bits per heavy atom. The molecule has 1 aliphatic heterocycles. The topological polar surface area (TPSA) is 256 Å². The number of imidazole rings is 1. The molecular weight excluding hydrogens is 630 g/mol. The van der Waals surface area contributed by atoms with Crippen molar-refractivity contribution in [3.05, 3.63) is 86.8 Å². The number of carbonyl (C=O) groups is 2. The quantitative estimate of drug-likeness (QED) is 0.0554. The normalized spacial score (nSPS) is 19.3. The number of carbonyl (C=O) groups excluding carboxylic acids is 2. The van der Waals surface area contributed by atoms with E-state index in [0.29, 0.717) is 28.3 Å². The average molecular weight is 662 g/mol. The van der Waals surface area contributed by atoms with E-state index in [-0.39, 0.29) is 17.7 Å². The van der Waals surface area contributed by atoms with Gasteiger partial charge >= 0.3 is 0 Å². The molecule has 5 atom stereocenters. The van der Waals surface area contributed by atoms with Crippen LogP contribution in [0.15, 0.2) is 60.2 Å². The van der Waals surface area contributed by atoms with E-state index in [1.54, 1.807) is 43.3 Å². The molecular formula is C29H31N11O8. The minimum absolute atomic E-state index is 0.0700. The molecule has 5 rings (SSSR count). The van der Waals surface area contributed by atoms with Crippen molar-refractivity contribution in [3.8, 4) is 5.75 Å². The first kappa shape index (κ1) is 33.5. The van der Waals surface area contributed by atoms with Gasteiger partial charge < -0.3 is 35.2 Å². The first-order chi connectivity index (χ1) is 23.1. The van der Waals surface area contributed by atoms with Crippen LogP contribution in [0.1, 0.15) is 22.1 Å². The fourth-order valence-electron chi connectivity index (χ4n) is 5.34. The van der Waals surface area contributed by atoms with Crippen LogP contribution in [0.3, 0.4) is 0 Å². The lowest BCUT2D eigenvalue weighted by Crippen LogP contribution is -2.55. The van der Waals surface area contributed by atoms with Gasteiger partial charge in [0.2, 0.25) is 5.91 Å².